The smallest absolute Gasteiger partial charge is 0.333 e. The van der Waals surface area contributed by atoms with Crippen molar-refractivity contribution in [3.63, 3.8) is 0 Å². The van der Waals surface area contributed by atoms with E-state index in [9.17, 15) is 19.2 Å². The zero-order valence-electron chi connectivity index (χ0n) is 19.4. The summed E-state index contributed by atoms with van der Waals surface area (Å²) in [5, 5.41) is 2.87. The molecule has 10 nitrogen and oxygen atoms in total. The number of aromatic nitrogens is 2. The van der Waals surface area contributed by atoms with Crippen LogP contribution in [0.1, 0.15) is 44.0 Å². The molecule has 2 aliphatic heterocycles. The molecule has 2 aromatic rings. The molecule has 1 aromatic carbocycles. The van der Waals surface area contributed by atoms with Gasteiger partial charge in [-0.3, -0.25) is 23.5 Å². The monoisotopic (exact) mass is 471 g/mol. The van der Waals surface area contributed by atoms with Crippen molar-refractivity contribution in [2.24, 2.45) is 0 Å². The van der Waals surface area contributed by atoms with E-state index in [4.69, 9.17) is 14.2 Å². The Morgan fingerprint density at radius 1 is 1.15 bits per heavy atom. The van der Waals surface area contributed by atoms with Crippen molar-refractivity contribution in [3.8, 4) is 0 Å². The van der Waals surface area contributed by atoms with Crippen molar-refractivity contribution in [1.82, 2.24) is 14.5 Å². The number of aryl methyl sites for hydroxylation is 1. The van der Waals surface area contributed by atoms with Crippen LogP contribution in [0.25, 0.3) is 0 Å². The maximum atomic E-state index is 13.3. The van der Waals surface area contributed by atoms with Gasteiger partial charge < -0.3 is 19.5 Å². The summed E-state index contributed by atoms with van der Waals surface area (Å²) in [6.45, 7) is 4.70. The van der Waals surface area contributed by atoms with Gasteiger partial charge in [0.25, 0.3) is 5.56 Å². The van der Waals surface area contributed by atoms with Crippen LogP contribution in [0, 0.1) is 6.92 Å². The molecular formula is C24H29N3O7. The Bertz CT molecular complexity index is 1170. The number of carbonyl (C=O) groups is 2. The highest BCUT2D eigenvalue weighted by Crippen LogP contribution is 2.35. The largest absolute Gasteiger partial charge is 0.460 e. The van der Waals surface area contributed by atoms with E-state index in [-0.39, 0.29) is 24.6 Å². The van der Waals surface area contributed by atoms with E-state index in [0.717, 1.165) is 5.56 Å². The van der Waals surface area contributed by atoms with Crippen LogP contribution in [-0.4, -0.2) is 52.0 Å². The molecule has 0 radical (unpaired) electrons. The van der Waals surface area contributed by atoms with Crippen molar-refractivity contribution in [2.75, 3.05) is 6.61 Å². The van der Waals surface area contributed by atoms with Crippen molar-refractivity contribution >= 4 is 11.9 Å². The molecule has 4 rings (SSSR count). The Morgan fingerprint density at radius 2 is 1.88 bits per heavy atom. The predicted octanol–water partition coefficient (Wildman–Crippen LogP) is 0.880. The number of hydrogen-bond acceptors (Lipinski definition) is 7. The fourth-order valence-electron chi connectivity index (χ4n) is 4.66. The number of hydrogen-bond donors (Lipinski definition) is 1. The van der Waals surface area contributed by atoms with Crippen LogP contribution >= 0.6 is 0 Å². The predicted molar refractivity (Wildman–Crippen MR) is 121 cm³/mol. The first-order chi connectivity index (χ1) is 16.2. The van der Waals surface area contributed by atoms with Crippen LogP contribution in [0.2, 0.25) is 0 Å². The van der Waals surface area contributed by atoms with Crippen molar-refractivity contribution in [1.29, 1.82) is 0 Å². The van der Waals surface area contributed by atoms with Gasteiger partial charge >= 0.3 is 11.7 Å². The quantitative estimate of drug-likeness (QED) is 0.643. The van der Waals surface area contributed by atoms with E-state index in [1.54, 1.807) is 6.92 Å². The zero-order valence-corrected chi connectivity index (χ0v) is 19.4. The number of esters is 1. The molecule has 182 valence electrons. The molecule has 5 atom stereocenters. The minimum Gasteiger partial charge on any atom is -0.460 e. The van der Waals surface area contributed by atoms with Crippen LogP contribution in [0.4, 0.5) is 0 Å². The number of fused-ring (bicyclic) bond motifs is 1. The molecule has 34 heavy (non-hydrogen) atoms. The number of rotatable bonds is 5. The fraction of sp³-hybridized carbons (Fsp3) is 0.500. The summed E-state index contributed by atoms with van der Waals surface area (Å²) < 4.78 is 20.2. The Morgan fingerprint density at radius 3 is 2.56 bits per heavy atom. The van der Waals surface area contributed by atoms with Crippen LogP contribution < -0.4 is 16.6 Å². The highest BCUT2D eigenvalue weighted by atomic mass is 16.6. The number of nitrogens with one attached hydrogen (secondary N) is 1. The van der Waals surface area contributed by atoms with Crippen molar-refractivity contribution in [2.45, 2.75) is 70.7 Å². The molecule has 3 heterocycles. The van der Waals surface area contributed by atoms with Gasteiger partial charge in [-0.05, 0) is 12.5 Å². The van der Waals surface area contributed by atoms with Crippen LogP contribution in [0.5, 0.6) is 0 Å². The summed E-state index contributed by atoms with van der Waals surface area (Å²) in [6, 6.07) is 8.82. The Kier molecular flexibility index (Phi) is 6.99. The van der Waals surface area contributed by atoms with E-state index in [1.807, 2.05) is 30.3 Å². The maximum absolute atomic E-state index is 13.3. The van der Waals surface area contributed by atoms with Gasteiger partial charge in [-0.15, -0.1) is 0 Å². The lowest BCUT2D eigenvalue weighted by molar-refractivity contribution is -0.150. The van der Waals surface area contributed by atoms with Crippen molar-refractivity contribution < 1.29 is 23.8 Å². The highest BCUT2D eigenvalue weighted by molar-refractivity contribution is 5.73. The molecule has 0 saturated carbocycles. The molecule has 2 saturated heterocycles. The lowest BCUT2D eigenvalue weighted by atomic mass is 10.0. The molecule has 1 amide bonds. The average Bonchev–Trinajstić information content (AvgIpc) is 3.14. The number of nitrogens with zero attached hydrogens (tertiary/aromatic N) is 2. The Labute approximate surface area is 196 Å². The highest BCUT2D eigenvalue weighted by Gasteiger charge is 2.46. The Balaban J connectivity index is 1.62. The topological polar surface area (TPSA) is 118 Å². The summed E-state index contributed by atoms with van der Waals surface area (Å²) in [5.74, 6) is -0.674. The second kappa shape index (κ2) is 9.94. The third kappa shape index (κ3) is 5.13. The number of ether oxygens (including phenoxy) is 3. The lowest BCUT2D eigenvalue weighted by Crippen LogP contribution is -2.47. The van der Waals surface area contributed by atoms with E-state index in [2.05, 4.69) is 5.32 Å². The molecular weight excluding hydrogens is 442 g/mol. The zero-order chi connectivity index (χ0) is 24.4. The molecule has 2 aliphatic rings. The van der Waals surface area contributed by atoms with Crippen LogP contribution in [0.3, 0.4) is 0 Å². The fourth-order valence-corrected chi connectivity index (χ4v) is 4.66. The van der Waals surface area contributed by atoms with Gasteiger partial charge in [-0.25, -0.2) is 4.79 Å². The molecule has 1 aromatic heterocycles. The summed E-state index contributed by atoms with van der Waals surface area (Å²) in [4.78, 5) is 49.3. The van der Waals surface area contributed by atoms with Gasteiger partial charge in [0.2, 0.25) is 5.91 Å². The molecule has 0 spiro atoms. The van der Waals surface area contributed by atoms with Gasteiger partial charge in [-0.2, -0.15) is 0 Å². The average molecular weight is 472 g/mol. The number of amides is 1. The van der Waals surface area contributed by atoms with E-state index in [1.165, 1.54) is 29.2 Å². The first-order valence-electron chi connectivity index (χ1n) is 11.3. The van der Waals surface area contributed by atoms with Gasteiger partial charge in [-0.1, -0.05) is 30.3 Å². The van der Waals surface area contributed by atoms with Gasteiger partial charge in [0, 0.05) is 38.4 Å². The van der Waals surface area contributed by atoms with E-state index < -0.39 is 42.2 Å². The third-order valence-electron chi connectivity index (χ3n) is 6.11. The molecule has 0 bridgehead atoms. The summed E-state index contributed by atoms with van der Waals surface area (Å²) >= 11 is 0. The summed E-state index contributed by atoms with van der Waals surface area (Å²) in [6.07, 6.45) is 0.0209. The minimum atomic E-state index is -0.676. The summed E-state index contributed by atoms with van der Waals surface area (Å²) in [5.41, 5.74) is 0.422. The second-order valence-corrected chi connectivity index (χ2v) is 8.82. The van der Waals surface area contributed by atoms with Crippen LogP contribution in [-0.2, 0) is 30.3 Å². The normalized spacial score (nSPS) is 26.4. The first-order valence-corrected chi connectivity index (χ1v) is 11.3. The molecule has 2 fully saturated rings. The Hall–Kier alpha value is -3.24. The number of carbonyl (C=O) groups excluding carboxylic acids is 2. The molecule has 1 N–H and O–H groups in total. The van der Waals surface area contributed by atoms with E-state index >= 15 is 0 Å². The SMILES string of the molecule is CC(=O)N[C@@H]1C[C@H](OC(C)=O)CO[C@H]2CC(n3cc(C)c(=O)n(Cc4ccccc4)c3=O)O[C@@H]21. The standard InChI is InChI=1S/C24H29N3O7/c1-14-11-26(24(31)27(23(14)30)12-17-7-5-4-6-8-17)21-10-20-22(34-21)19(25-15(2)28)9-18(13-32-20)33-16(3)29/h4-8,11,18-22H,9-10,12-13H2,1-3H3,(H,25,28)/t18-,19+,20-,21?,22+/m0/s1. The maximum Gasteiger partial charge on any atom is 0.333 e. The first kappa shape index (κ1) is 23.9. The number of benzene rings is 1. The van der Waals surface area contributed by atoms with Crippen LogP contribution in [0.15, 0.2) is 46.1 Å². The van der Waals surface area contributed by atoms with E-state index in [0.29, 0.717) is 18.4 Å². The molecule has 0 aliphatic carbocycles. The lowest BCUT2D eigenvalue weighted by Gasteiger charge is -2.26. The third-order valence-corrected chi connectivity index (χ3v) is 6.11. The summed E-state index contributed by atoms with van der Waals surface area (Å²) in [7, 11) is 0. The second-order valence-electron chi connectivity index (χ2n) is 8.82. The van der Waals surface area contributed by atoms with Gasteiger partial charge in [0.1, 0.15) is 18.4 Å². The van der Waals surface area contributed by atoms with Gasteiger partial charge in [0.15, 0.2) is 0 Å². The molecule has 1 unspecified atom stereocenters. The molecule has 10 heteroatoms. The van der Waals surface area contributed by atoms with Gasteiger partial charge in [0.05, 0.1) is 25.3 Å². The minimum absolute atomic E-state index is 0.148. The van der Waals surface area contributed by atoms with Crippen molar-refractivity contribution in [3.05, 3.63) is 68.5 Å².